The van der Waals surface area contributed by atoms with E-state index in [1.165, 1.54) is 11.8 Å². The number of ether oxygens (including phenoxy) is 2. The molecule has 1 aliphatic heterocycles. The Balaban J connectivity index is 1.57. The van der Waals surface area contributed by atoms with Crippen LogP contribution in [-0.4, -0.2) is 75.1 Å². The molecule has 1 saturated heterocycles. The van der Waals surface area contributed by atoms with E-state index in [-0.39, 0.29) is 12.5 Å². The standard InChI is InChI=1S/C27H36ClNO7S/c1-27(2,15-30)29-21(31)5-4-12-35-19-9-6-16(7-10-19)13-18-14-17(8-11-20(18)28)25-23(33)22(32)24(34)26(36-25)37-3/h6-11,14,22-26,30,32-34H,4-5,12-13,15H2,1-3H3,(H,29,31). The number of carbonyl (C=O) groups is 1. The fraction of sp³-hybridized carbons (Fsp3) is 0.519. The van der Waals surface area contributed by atoms with Crippen molar-refractivity contribution in [2.45, 2.75) is 68.5 Å². The van der Waals surface area contributed by atoms with Crippen LogP contribution in [0.25, 0.3) is 0 Å². The van der Waals surface area contributed by atoms with Gasteiger partial charge in [0, 0.05) is 11.4 Å². The van der Waals surface area contributed by atoms with Gasteiger partial charge in [0.15, 0.2) is 0 Å². The van der Waals surface area contributed by atoms with Crippen molar-refractivity contribution in [3.05, 3.63) is 64.2 Å². The molecule has 5 unspecified atom stereocenters. The van der Waals surface area contributed by atoms with Crippen LogP contribution in [-0.2, 0) is 16.0 Å². The number of benzene rings is 2. The van der Waals surface area contributed by atoms with E-state index in [9.17, 15) is 25.2 Å². The summed E-state index contributed by atoms with van der Waals surface area (Å²) in [5.74, 6) is 0.562. The number of carbonyl (C=O) groups excluding carboxylic acids is 1. The number of aliphatic hydroxyl groups excluding tert-OH is 4. The van der Waals surface area contributed by atoms with E-state index < -0.39 is 35.4 Å². The molecule has 37 heavy (non-hydrogen) atoms. The summed E-state index contributed by atoms with van der Waals surface area (Å²) < 4.78 is 11.6. The summed E-state index contributed by atoms with van der Waals surface area (Å²) in [6.45, 7) is 3.78. The molecule has 5 N–H and O–H groups in total. The van der Waals surface area contributed by atoms with Gasteiger partial charge in [-0.1, -0.05) is 35.9 Å². The molecule has 5 atom stereocenters. The minimum Gasteiger partial charge on any atom is -0.494 e. The third-order valence-corrected chi connectivity index (χ3v) is 7.43. The minimum absolute atomic E-state index is 0.126. The summed E-state index contributed by atoms with van der Waals surface area (Å²) in [6, 6.07) is 12.9. The first-order chi connectivity index (χ1) is 17.5. The number of hydrogen-bond acceptors (Lipinski definition) is 8. The maximum absolute atomic E-state index is 11.9. The van der Waals surface area contributed by atoms with Crippen LogP contribution in [0.15, 0.2) is 42.5 Å². The fourth-order valence-corrected chi connectivity index (χ4v) is 4.91. The molecule has 0 aliphatic carbocycles. The fourth-order valence-electron chi connectivity index (χ4n) is 4.05. The van der Waals surface area contributed by atoms with Crippen LogP contribution in [0.3, 0.4) is 0 Å². The number of thioether (sulfide) groups is 1. The van der Waals surface area contributed by atoms with Gasteiger partial charge in [-0.2, -0.15) is 0 Å². The van der Waals surface area contributed by atoms with Crippen molar-refractivity contribution in [2.24, 2.45) is 0 Å². The number of aliphatic hydroxyl groups is 4. The first kappa shape index (κ1) is 29.7. The second kappa shape index (κ2) is 13.3. The Morgan fingerprint density at radius 1 is 1.11 bits per heavy atom. The summed E-state index contributed by atoms with van der Waals surface area (Å²) in [4.78, 5) is 11.9. The molecule has 0 radical (unpaired) electrons. The number of halogens is 1. The lowest BCUT2D eigenvalue weighted by molar-refractivity contribution is -0.200. The molecule has 8 nitrogen and oxygen atoms in total. The van der Waals surface area contributed by atoms with Gasteiger partial charge < -0.3 is 35.2 Å². The van der Waals surface area contributed by atoms with Crippen molar-refractivity contribution in [2.75, 3.05) is 19.5 Å². The van der Waals surface area contributed by atoms with Crippen LogP contribution in [0, 0.1) is 0 Å². The van der Waals surface area contributed by atoms with Gasteiger partial charge >= 0.3 is 0 Å². The lowest BCUT2D eigenvalue weighted by Crippen LogP contribution is -2.52. The van der Waals surface area contributed by atoms with Crippen molar-refractivity contribution >= 4 is 29.3 Å². The van der Waals surface area contributed by atoms with Gasteiger partial charge in [0.25, 0.3) is 0 Å². The molecule has 1 amide bonds. The molecule has 0 bridgehead atoms. The molecule has 2 aromatic rings. The second-order valence-electron chi connectivity index (χ2n) is 9.85. The summed E-state index contributed by atoms with van der Waals surface area (Å²) in [5.41, 5.74) is 1.21. The summed E-state index contributed by atoms with van der Waals surface area (Å²) in [6.07, 6.45) is -1.39. The average Bonchev–Trinajstić information content (AvgIpc) is 2.87. The van der Waals surface area contributed by atoms with Gasteiger partial charge in [-0.15, -0.1) is 11.8 Å². The van der Waals surface area contributed by atoms with E-state index >= 15 is 0 Å². The zero-order valence-corrected chi connectivity index (χ0v) is 22.8. The summed E-state index contributed by atoms with van der Waals surface area (Å²) in [5, 5.41) is 43.5. The van der Waals surface area contributed by atoms with Gasteiger partial charge in [0.1, 0.15) is 35.6 Å². The molecule has 1 heterocycles. The Morgan fingerprint density at radius 2 is 1.81 bits per heavy atom. The van der Waals surface area contributed by atoms with E-state index in [1.54, 1.807) is 32.2 Å². The summed E-state index contributed by atoms with van der Waals surface area (Å²) in [7, 11) is 0. The third-order valence-electron chi connectivity index (χ3n) is 6.21. The van der Waals surface area contributed by atoms with E-state index in [4.69, 9.17) is 21.1 Å². The SMILES string of the molecule is CSC1OC(c2ccc(Cl)c(Cc3ccc(OCCCC(=O)NC(C)(C)CO)cc3)c2)C(O)C(O)C1O. The van der Waals surface area contributed by atoms with Crippen molar-refractivity contribution in [1.82, 2.24) is 5.32 Å². The Kier molecular flexibility index (Phi) is 10.7. The van der Waals surface area contributed by atoms with Crippen LogP contribution >= 0.6 is 23.4 Å². The van der Waals surface area contributed by atoms with Gasteiger partial charge in [-0.3, -0.25) is 4.79 Å². The highest BCUT2D eigenvalue weighted by molar-refractivity contribution is 7.99. The van der Waals surface area contributed by atoms with Gasteiger partial charge in [-0.25, -0.2) is 0 Å². The molecule has 2 aromatic carbocycles. The zero-order chi connectivity index (χ0) is 27.2. The van der Waals surface area contributed by atoms with E-state index in [0.717, 1.165) is 11.1 Å². The zero-order valence-electron chi connectivity index (χ0n) is 21.3. The van der Waals surface area contributed by atoms with Gasteiger partial charge in [0.05, 0.1) is 18.8 Å². The maximum Gasteiger partial charge on any atom is 0.220 e. The lowest BCUT2D eigenvalue weighted by Gasteiger charge is -2.40. The van der Waals surface area contributed by atoms with E-state index in [1.807, 2.05) is 30.3 Å². The molecule has 10 heteroatoms. The number of nitrogens with one attached hydrogen (secondary N) is 1. The first-order valence-corrected chi connectivity index (χ1v) is 13.9. The lowest BCUT2D eigenvalue weighted by atomic mass is 9.92. The molecule has 1 aliphatic rings. The van der Waals surface area contributed by atoms with Crippen LogP contribution < -0.4 is 10.1 Å². The van der Waals surface area contributed by atoms with E-state index in [2.05, 4.69) is 5.32 Å². The molecular formula is C27H36ClNO7S. The highest BCUT2D eigenvalue weighted by Gasteiger charge is 2.44. The maximum atomic E-state index is 11.9. The number of hydrogen-bond donors (Lipinski definition) is 5. The monoisotopic (exact) mass is 553 g/mol. The Hall–Kier alpha value is -1.85. The minimum atomic E-state index is -1.32. The normalized spacial score (nSPS) is 24.1. The van der Waals surface area contributed by atoms with Crippen LogP contribution in [0.2, 0.25) is 5.02 Å². The van der Waals surface area contributed by atoms with Crippen molar-refractivity contribution in [1.29, 1.82) is 0 Å². The highest BCUT2D eigenvalue weighted by atomic mass is 35.5. The van der Waals surface area contributed by atoms with Gasteiger partial charge in [0.2, 0.25) is 5.91 Å². The van der Waals surface area contributed by atoms with Crippen molar-refractivity contribution in [3.63, 3.8) is 0 Å². The second-order valence-corrected chi connectivity index (χ2v) is 11.2. The van der Waals surface area contributed by atoms with Crippen molar-refractivity contribution in [3.8, 4) is 5.75 Å². The first-order valence-electron chi connectivity index (χ1n) is 12.2. The van der Waals surface area contributed by atoms with Crippen molar-refractivity contribution < 1.29 is 34.7 Å². The molecule has 0 aromatic heterocycles. The highest BCUT2D eigenvalue weighted by Crippen LogP contribution is 2.37. The van der Waals surface area contributed by atoms with E-state index in [0.29, 0.717) is 42.2 Å². The van der Waals surface area contributed by atoms with Crippen LogP contribution in [0.5, 0.6) is 5.75 Å². The van der Waals surface area contributed by atoms with Crippen LogP contribution in [0.4, 0.5) is 0 Å². The van der Waals surface area contributed by atoms with Crippen LogP contribution in [0.1, 0.15) is 49.5 Å². The van der Waals surface area contributed by atoms with Gasteiger partial charge in [-0.05, 0) is 67.8 Å². The predicted molar refractivity (Wildman–Crippen MR) is 144 cm³/mol. The largest absolute Gasteiger partial charge is 0.494 e. The Labute approximate surface area is 226 Å². The molecule has 1 fully saturated rings. The number of amides is 1. The molecule has 204 valence electrons. The molecule has 0 saturated carbocycles. The summed E-state index contributed by atoms with van der Waals surface area (Å²) >= 11 is 7.72. The topological polar surface area (TPSA) is 128 Å². The Bertz CT molecular complexity index is 1030. The number of rotatable bonds is 11. The molecule has 0 spiro atoms. The smallest absolute Gasteiger partial charge is 0.220 e. The molecular weight excluding hydrogens is 518 g/mol. The molecule has 3 rings (SSSR count). The predicted octanol–water partition coefficient (Wildman–Crippen LogP) is 2.82. The average molecular weight is 554 g/mol. The Morgan fingerprint density at radius 3 is 2.46 bits per heavy atom. The third kappa shape index (κ3) is 8.07. The quantitative estimate of drug-likeness (QED) is 0.269.